The zero-order valence-corrected chi connectivity index (χ0v) is 18.3. The Kier molecular flexibility index (Phi) is 5.78. The Labute approximate surface area is 186 Å². The summed E-state index contributed by atoms with van der Waals surface area (Å²) in [5.41, 5.74) is 0.500. The zero-order valence-electron chi connectivity index (χ0n) is 18.3. The molecule has 8 nitrogen and oxygen atoms in total. The number of carbonyl (C=O) groups excluding carboxylic acids is 3. The number of ether oxygens (including phenoxy) is 4. The van der Waals surface area contributed by atoms with Gasteiger partial charge in [-0.3, -0.25) is 9.59 Å². The average Bonchev–Trinajstić information content (AvgIpc) is 2.82. The number of carbonyl (C=O) groups is 3. The van der Waals surface area contributed by atoms with E-state index in [1.807, 2.05) is 0 Å². The number of esters is 1. The van der Waals surface area contributed by atoms with E-state index < -0.39 is 11.6 Å². The van der Waals surface area contributed by atoms with Gasteiger partial charge in [-0.2, -0.15) is 0 Å². The quantitative estimate of drug-likeness (QED) is 0.676. The number of hydrogen-bond donors (Lipinski definition) is 0. The summed E-state index contributed by atoms with van der Waals surface area (Å²) in [4.78, 5) is 39.5. The molecule has 0 unspecified atom stereocenters. The molecular weight excluding hydrogens is 414 g/mol. The highest BCUT2D eigenvalue weighted by molar-refractivity contribution is 6.03. The average molecular weight is 439 g/mol. The number of amides is 1. The van der Waals surface area contributed by atoms with Crippen molar-refractivity contribution < 1.29 is 33.3 Å². The molecule has 2 aromatic carbocycles. The lowest BCUT2D eigenvalue weighted by molar-refractivity contribution is -0.00611. The lowest BCUT2D eigenvalue weighted by Crippen LogP contribution is -2.52. The van der Waals surface area contributed by atoms with E-state index >= 15 is 0 Å². The number of hydrogen-bond acceptors (Lipinski definition) is 7. The summed E-state index contributed by atoms with van der Waals surface area (Å²) in [6, 6.07) is 9.84. The van der Waals surface area contributed by atoms with Crippen LogP contribution < -0.4 is 14.2 Å². The lowest BCUT2D eigenvalue weighted by Gasteiger charge is -2.44. The van der Waals surface area contributed by atoms with Gasteiger partial charge in [0.1, 0.15) is 28.4 Å². The van der Waals surface area contributed by atoms with Gasteiger partial charge in [0, 0.05) is 43.6 Å². The SMILES string of the molecule is COC(=O)c1cccc(C(=O)N2CCC3(CC2)CC(=O)c2c(OC)cc(OC)cc2O3)c1. The molecule has 0 aliphatic carbocycles. The van der Waals surface area contributed by atoms with Crippen LogP contribution in [-0.4, -0.2) is 62.6 Å². The van der Waals surface area contributed by atoms with Crippen molar-refractivity contribution in [1.82, 2.24) is 4.90 Å². The van der Waals surface area contributed by atoms with E-state index in [1.54, 1.807) is 42.3 Å². The molecule has 1 amide bonds. The number of methoxy groups -OCH3 is 3. The molecule has 0 atom stereocenters. The highest BCUT2D eigenvalue weighted by atomic mass is 16.5. The van der Waals surface area contributed by atoms with Crippen LogP contribution in [0.15, 0.2) is 36.4 Å². The molecule has 8 heteroatoms. The fourth-order valence-corrected chi connectivity index (χ4v) is 4.33. The van der Waals surface area contributed by atoms with Gasteiger partial charge in [-0.15, -0.1) is 0 Å². The van der Waals surface area contributed by atoms with Crippen LogP contribution in [0, 0.1) is 0 Å². The van der Waals surface area contributed by atoms with Gasteiger partial charge in [0.2, 0.25) is 0 Å². The van der Waals surface area contributed by atoms with Crippen molar-refractivity contribution in [2.45, 2.75) is 24.9 Å². The molecule has 0 radical (unpaired) electrons. The molecule has 2 aliphatic rings. The van der Waals surface area contributed by atoms with Gasteiger partial charge in [0.25, 0.3) is 5.91 Å². The smallest absolute Gasteiger partial charge is 0.337 e. The molecule has 4 rings (SSSR count). The van der Waals surface area contributed by atoms with E-state index in [2.05, 4.69) is 0 Å². The number of likely N-dealkylation sites (tertiary alicyclic amines) is 1. The standard InChI is InChI=1S/C24H25NO7/c1-29-17-12-19(30-2)21-18(26)14-24(32-20(21)13-17)7-9-25(10-8-24)22(27)15-5-4-6-16(11-15)23(28)31-3/h4-6,11-13H,7-10,14H2,1-3H3. The fraction of sp³-hybridized carbons (Fsp3) is 0.375. The third-order valence-corrected chi connectivity index (χ3v) is 6.08. The minimum absolute atomic E-state index is 0.0451. The van der Waals surface area contributed by atoms with Crippen LogP contribution in [0.3, 0.4) is 0 Å². The molecule has 0 aromatic heterocycles. The molecule has 2 heterocycles. The van der Waals surface area contributed by atoms with Crippen molar-refractivity contribution in [1.29, 1.82) is 0 Å². The number of benzene rings is 2. The van der Waals surface area contributed by atoms with Crippen LogP contribution >= 0.6 is 0 Å². The van der Waals surface area contributed by atoms with Gasteiger partial charge in [-0.1, -0.05) is 6.07 Å². The second-order valence-corrected chi connectivity index (χ2v) is 7.95. The third-order valence-electron chi connectivity index (χ3n) is 6.08. The summed E-state index contributed by atoms with van der Waals surface area (Å²) in [7, 11) is 4.35. The van der Waals surface area contributed by atoms with Crippen LogP contribution in [-0.2, 0) is 4.74 Å². The molecule has 32 heavy (non-hydrogen) atoms. The molecule has 0 saturated carbocycles. The van der Waals surface area contributed by atoms with Crippen LogP contribution in [0.1, 0.15) is 50.3 Å². The lowest BCUT2D eigenvalue weighted by atomic mass is 9.82. The third kappa shape index (κ3) is 3.88. The first-order valence-electron chi connectivity index (χ1n) is 10.4. The number of nitrogens with zero attached hydrogens (tertiary/aromatic N) is 1. The normalized spacial score (nSPS) is 16.7. The Balaban J connectivity index is 1.51. The summed E-state index contributed by atoms with van der Waals surface area (Å²) in [5.74, 6) is 0.715. The fourth-order valence-electron chi connectivity index (χ4n) is 4.33. The Morgan fingerprint density at radius 2 is 1.72 bits per heavy atom. The Hall–Kier alpha value is -3.55. The number of Topliss-reactive ketones (excluding diaryl/α,β-unsaturated/α-hetero) is 1. The summed E-state index contributed by atoms with van der Waals surface area (Å²) >= 11 is 0. The van der Waals surface area contributed by atoms with Crippen molar-refractivity contribution in [3.05, 3.63) is 53.1 Å². The van der Waals surface area contributed by atoms with E-state index in [1.165, 1.54) is 20.3 Å². The van der Waals surface area contributed by atoms with E-state index in [0.717, 1.165) is 0 Å². The van der Waals surface area contributed by atoms with Crippen LogP contribution in [0.2, 0.25) is 0 Å². The molecule has 168 valence electrons. The van der Waals surface area contributed by atoms with Gasteiger partial charge in [0.05, 0.1) is 33.3 Å². The first-order valence-corrected chi connectivity index (χ1v) is 10.4. The summed E-state index contributed by atoms with van der Waals surface area (Å²) in [5, 5.41) is 0. The maximum absolute atomic E-state index is 13.0. The van der Waals surface area contributed by atoms with E-state index in [4.69, 9.17) is 18.9 Å². The highest BCUT2D eigenvalue weighted by Gasteiger charge is 2.45. The van der Waals surface area contributed by atoms with Crippen molar-refractivity contribution in [2.75, 3.05) is 34.4 Å². The Morgan fingerprint density at radius 3 is 2.38 bits per heavy atom. The van der Waals surface area contributed by atoms with Crippen molar-refractivity contribution in [2.24, 2.45) is 0 Å². The van der Waals surface area contributed by atoms with Crippen molar-refractivity contribution >= 4 is 17.7 Å². The molecule has 0 N–H and O–H groups in total. The monoisotopic (exact) mass is 439 g/mol. The van der Waals surface area contributed by atoms with Crippen LogP contribution in [0.25, 0.3) is 0 Å². The Morgan fingerprint density at radius 1 is 1.00 bits per heavy atom. The first kappa shape index (κ1) is 21.7. The molecule has 1 saturated heterocycles. The van der Waals surface area contributed by atoms with E-state index in [9.17, 15) is 14.4 Å². The number of ketones is 1. The van der Waals surface area contributed by atoms with Crippen LogP contribution in [0.5, 0.6) is 17.2 Å². The van der Waals surface area contributed by atoms with Crippen LogP contribution in [0.4, 0.5) is 0 Å². The minimum atomic E-state index is -0.674. The molecule has 2 aromatic rings. The summed E-state index contributed by atoms with van der Waals surface area (Å²) in [6.07, 6.45) is 1.25. The molecule has 1 fully saturated rings. The number of rotatable bonds is 4. The molecular formula is C24H25NO7. The molecule has 0 bridgehead atoms. The van der Waals surface area contributed by atoms with Gasteiger partial charge in [-0.25, -0.2) is 4.79 Å². The first-order chi connectivity index (χ1) is 15.4. The number of fused-ring (bicyclic) bond motifs is 1. The predicted octanol–water partition coefficient (Wildman–Crippen LogP) is 3.13. The summed E-state index contributed by atoms with van der Waals surface area (Å²) in [6.45, 7) is 0.871. The maximum atomic E-state index is 13.0. The van der Waals surface area contributed by atoms with Gasteiger partial charge < -0.3 is 23.8 Å². The van der Waals surface area contributed by atoms with Gasteiger partial charge in [-0.05, 0) is 18.2 Å². The van der Waals surface area contributed by atoms with Crippen molar-refractivity contribution in [3.63, 3.8) is 0 Å². The van der Waals surface area contributed by atoms with Gasteiger partial charge >= 0.3 is 5.97 Å². The molecule has 2 aliphatic heterocycles. The topological polar surface area (TPSA) is 91.4 Å². The second kappa shape index (κ2) is 8.53. The number of piperidine rings is 1. The second-order valence-electron chi connectivity index (χ2n) is 7.95. The van der Waals surface area contributed by atoms with E-state index in [-0.39, 0.29) is 18.1 Å². The highest BCUT2D eigenvalue weighted by Crippen LogP contribution is 2.44. The Bertz CT molecular complexity index is 1070. The van der Waals surface area contributed by atoms with E-state index in [0.29, 0.717) is 59.9 Å². The van der Waals surface area contributed by atoms with Gasteiger partial charge in [0.15, 0.2) is 5.78 Å². The maximum Gasteiger partial charge on any atom is 0.337 e. The largest absolute Gasteiger partial charge is 0.496 e. The summed E-state index contributed by atoms with van der Waals surface area (Å²) < 4.78 is 21.7. The molecule has 1 spiro atoms. The zero-order chi connectivity index (χ0) is 22.9. The van der Waals surface area contributed by atoms with Crippen molar-refractivity contribution in [3.8, 4) is 17.2 Å². The predicted molar refractivity (Wildman–Crippen MR) is 115 cm³/mol. The minimum Gasteiger partial charge on any atom is -0.496 e.